The molecule has 0 radical (unpaired) electrons. The van der Waals surface area contributed by atoms with Crippen LogP contribution in [0.3, 0.4) is 0 Å². The fourth-order valence-corrected chi connectivity index (χ4v) is 8.34. The quantitative estimate of drug-likeness (QED) is 0.141. The van der Waals surface area contributed by atoms with Crippen molar-refractivity contribution in [3.8, 4) is 0 Å². The molecule has 56 heavy (non-hydrogen) atoms. The van der Waals surface area contributed by atoms with Gasteiger partial charge in [-0.2, -0.15) is 16.8 Å². The molecule has 4 aromatic rings. The molecule has 4 aromatic carbocycles. The number of piperidine rings is 2. The summed E-state index contributed by atoms with van der Waals surface area (Å²) >= 11 is 6.17. The number of β-amino-alcohol motifs (C(OH)–C–C–N with tert-alkyl or cyclic N) is 1. The Morgan fingerprint density at radius 3 is 1.88 bits per heavy atom. The Labute approximate surface area is 335 Å². The summed E-state index contributed by atoms with van der Waals surface area (Å²) in [5, 5.41) is 15.3. The molecule has 7 rings (SSSR count). The molecule has 1 atom stereocenters. The summed E-state index contributed by atoms with van der Waals surface area (Å²) in [6.07, 6.45) is 3.20. The highest BCUT2D eigenvalue weighted by atomic mass is 35.5. The Bertz CT molecular complexity index is 2050. The Kier molecular flexibility index (Phi) is 14.6. The van der Waals surface area contributed by atoms with E-state index < -0.39 is 20.2 Å². The Balaban J connectivity index is 0.000000222. The van der Waals surface area contributed by atoms with E-state index in [0.717, 1.165) is 67.0 Å². The van der Waals surface area contributed by atoms with Gasteiger partial charge in [-0.3, -0.25) is 9.11 Å². The van der Waals surface area contributed by atoms with Crippen LogP contribution in [0.1, 0.15) is 47.9 Å². The standard InChI is InChI=1S/C27H34ClN3O3.2C7H8O3S/c28-22-6-7-23-24(16-22)29-19-27(23)10-14-30(15-11-27)17-25(32)21-8-12-31(13-9-21)26(33)34-18-20-4-2-1-3-5-20;2*1-6-2-4-7(5-3-6)11(8,9)10/h1-7,16,21,25,29,32H,8-15,17-19H2;2*2-5H,1H3,(H,8,9,10)/t25-;;/m1../s1. The topological polar surface area (TPSA) is 174 Å². The third-order valence-electron chi connectivity index (χ3n) is 10.6. The van der Waals surface area contributed by atoms with Crippen molar-refractivity contribution in [2.24, 2.45) is 5.92 Å². The third-order valence-corrected chi connectivity index (χ3v) is 12.6. The summed E-state index contributed by atoms with van der Waals surface area (Å²) in [6, 6.07) is 27.9. The second kappa shape index (κ2) is 18.9. The van der Waals surface area contributed by atoms with Gasteiger partial charge in [0.1, 0.15) is 6.61 Å². The van der Waals surface area contributed by atoms with Crippen molar-refractivity contribution in [1.82, 2.24) is 9.80 Å². The zero-order valence-electron chi connectivity index (χ0n) is 31.6. The number of likely N-dealkylation sites (tertiary alicyclic amines) is 2. The predicted octanol–water partition coefficient (Wildman–Crippen LogP) is 6.99. The van der Waals surface area contributed by atoms with Crippen molar-refractivity contribution < 1.29 is 40.6 Å². The average molecular weight is 828 g/mol. The molecule has 0 unspecified atom stereocenters. The van der Waals surface area contributed by atoms with Crippen molar-refractivity contribution in [3.05, 3.63) is 124 Å². The predicted molar refractivity (Wildman–Crippen MR) is 216 cm³/mol. The van der Waals surface area contributed by atoms with Gasteiger partial charge in [-0.15, -0.1) is 0 Å². The molecule has 0 bridgehead atoms. The van der Waals surface area contributed by atoms with Crippen LogP contribution in [0.25, 0.3) is 0 Å². The highest BCUT2D eigenvalue weighted by Crippen LogP contribution is 2.45. The third kappa shape index (κ3) is 12.0. The number of nitrogens with one attached hydrogen (secondary N) is 1. The molecule has 3 aliphatic rings. The van der Waals surface area contributed by atoms with Crippen LogP contribution >= 0.6 is 11.6 Å². The molecule has 15 heteroatoms. The number of nitrogens with zero attached hydrogens (tertiary/aromatic N) is 2. The van der Waals surface area contributed by atoms with Crippen LogP contribution in [0.5, 0.6) is 0 Å². The lowest BCUT2D eigenvalue weighted by Crippen LogP contribution is -2.48. The minimum atomic E-state index is -4.02. The summed E-state index contributed by atoms with van der Waals surface area (Å²) < 4.78 is 64.6. The van der Waals surface area contributed by atoms with Gasteiger partial charge in [-0.05, 0) is 106 Å². The van der Waals surface area contributed by atoms with Crippen LogP contribution in [-0.2, 0) is 37.0 Å². The molecule has 1 spiro atoms. The van der Waals surface area contributed by atoms with Crippen LogP contribution in [0.15, 0.2) is 107 Å². The number of ether oxygens (including phenoxy) is 1. The SMILES string of the molecule is Cc1ccc(S(=O)(=O)O)cc1.Cc1ccc(S(=O)(=O)O)cc1.O=C(OCc1ccccc1)N1CCC([C@H](O)CN2CCC3(CC2)CNc2cc(Cl)ccc23)CC1. The van der Waals surface area contributed by atoms with Crippen LogP contribution in [0.4, 0.5) is 10.5 Å². The Hall–Kier alpha value is -4.02. The van der Waals surface area contributed by atoms with Crippen LogP contribution in [0, 0.1) is 19.8 Å². The number of carbonyl (C=O) groups excluding carboxylic acids is 1. The summed E-state index contributed by atoms with van der Waals surface area (Å²) in [5.41, 5.74) is 5.66. The number of amides is 1. The first-order valence-corrected chi connectivity index (χ1v) is 21.8. The molecule has 12 nitrogen and oxygen atoms in total. The monoisotopic (exact) mass is 827 g/mol. The molecule has 0 aromatic heterocycles. The number of hydrogen-bond donors (Lipinski definition) is 4. The fraction of sp³-hybridized carbons (Fsp3) is 0.390. The van der Waals surface area contributed by atoms with E-state index >= 15 is 0 Å². The number of aryl methyl sites for hydroxylation is 2. The molecular weight excluding hydrogens is 778 g/mol. The second-order valence-electron chi connectivity index (χ2n) is 14.6. The number of fused-ring (bicyclic) bond motifs is 2. The van der Waals surface area contributed by atoms with Gasteiger partial charge in [0.05, 0.1) is 15.9 Å². The van der Waals surface area contributed by atoms with Gasteiger partial charge in [0.15, 0.2) is 0 Å². The molecule has 0 saturated carbocycles. The second-order valence-corrected chi connectivity index (χ2v) is 17.9. The first-order chi connectivity index (χ1) is 26.5. The lowest BCUT2D eigenvalue weighted by Gasteiger charge is -2.41. The zero-order chi connectivity index (χ0) is 40.5. The van der Waals surface area contributed by atoms with Crippen molar-refractivity contribution >= 4 is 43.6 Å². The van der Waals surface area contributed by atoms with Gasteiger partial charge in [-0.1, -0.05) is 83.4 Å². The normalized spacial score (nSPS) is 17.4. The lowest BCUT2D eigenvalue weighted by atomic mass is 9.74. The molecule has 4 N–H and O–H groups in total. The van der Waals surface area contributed by atoms with Gasteiger partial charge < -0.3 is 25.0 Å². The summed E-state index contributed by atoms with van der Waals surface area (Å²) in [6.45, 7) is 8.93. The van der Waals surface area contributed by atoms with E-state index in [1.165, 1.54) is 35.5 Å². The minimum absolute atomic E-state index is 0.0666. The number of aliphatic hydroxyl groups excluding tert-OH is 1. The number of hydrogen-bond acceptors (Lipinski definition) is 9. The van der Waals surface area contributed by atoms with Crippen molar-refractivity contribution in [1.29, 1.82) is 0 Å². The number of anilines is 1. The van der Waals surface area contributed by atoms with Crippen LogP contribution < -0.4 is 5.32 Å². The van der Waals surface area contributed by atoms with E-state index in [4.69, 9.17) is 25.4 Å². The summed E-state index contributed by atoms with van der Waals surface area (Å²) in [7, 11) is -8.04. The van der Waals surface area contributed by atoms with Gasteiger partial charge in [0, 0.05) is 42.3 Å². The van der Waals surface area contributed by atoms with Crippen molar-refractivity contribution in [2.75, 3.05) is 44.6 Å². The Morgan fingerprint density at radius 1 is 0.821 bits per heavy atom. The highest BCUT2D eigenvalue weighted by molar-refractivity contribution is 7.86. The molecule has 3 aliphatic heterocycles. The number of rotatable bonds is 7. The number of aliphatic hydroxyl groups is 1. The van der Waals surface area contributed by atoms with E-state index in [1.807, 2.05) is 56.3 Å². The average Bonchev–Trinajstić information content (AvgIpc) is 3.51. The van der Waals surface area contributed by atoms with E-state index in [1.54, 1.807) is 29.2 Å². The molecular formula is C41H50ClN3O9S2. The Morgan fingerprint density at radius 2 is 1.36 bits per heavy atom. The number of halogens is 1. The molecule has 2 fully saturated rings. The van der Waals surface area contributed by atoms with Gasteiger partial charge in [0.25, 0.3) is 20.2 Å². The van der Waals surface area contributed by atoms with E-state index in [-0.39, 0.29) is 33.3 Å². The largest absolute Gasteiger partial charge is 0.445 e. The lowest BCUT2D eigenvalue weighted by molar-refractivity contribution is 0.0179. The van der Waals surface area contributed by atoms with Crippen molar-refractivity contribution in [3.63, 3.8) is 0 Å². The maximum absolute atomic E-state index is 12.4. The van der Waals surface area contributed by atoms with Crippen LogP contribution in [-0.4, -0.2) is 92.3 Å². The van der Waals surface area contributed by atoms with Gasteiger partial charge >= 0.3 is 6.09 Å². The summed E-state index contributed by atoms with van der Waals surface area (Å²) in [4.78, 5) is 16.5. The van der Waals surface area contributed by atoms with Gasteiger partial charge in [-0.25, -0.2) is 4.79 Å². The number of carbonyl (C=O) groups is 1. The van der Waals surface area contributed by atoms with E-state index in [2.05, 4.69) is 16.3 Å². The first-order valence-electron chi connectivity index (χ1n) is 18.5. The smallest absolute Gasteiger partial charge is 0.410 e. The number of benzene rings is 4. The maximum Gasteiger partial charge on any atom is 0.410 e. The minimum Gasteiger partial charge on any atom is -0.445 e. The van der Waals surface area contributed by atoms with Gasteiger partial charge in [0.2, 0.25) is 0 Å². The molecule has 302 valence electrons. The van der Waals surface area contributed by atoms with Crippen molar-refractivity contribution in [2.45, 2.75) is 67.4 Å². The maximum atomic E-state index is 12.4. The zero-order valence-corrected chi connectivity index (χ0v) is 33.9. The van der Waals surface area contributed by atoms with E-state index in [9.17, 15) is 26.7 Å². The first kappa shape index (κ1) is 43.1. The molecule has 3 heterocycles. The molecule has 2 saturated heterocycles. The fourth-order valence-electron chi connectivity index (χ4n) is 7.21. The highest BCUT2D eigenvalue weighted by Gasteiger charge is 2.42. The molecule has 0 aliphatic carbocycles. The summed E-state index contributed by atoms with van der Waals surface area (Å²) in [5.74, 6) is 0.227. The van der Waals surface area contributed by atoms with E-state index in [0.29, 0.717) is 26.2 Å². The van der Waals surface area contributed by atoms with Crippen LogP contribution in [0.2, 0.25) is 5.02 Å². The molecule has 1 amide bonds.